The lowest BCUT2D eigenvalue weighted by molar-refractivity contribution is 0.104. The highest BCUT2D eigenvalue weighted by Gasteiger charge is 2.40. The highest BCUT2D eigenvalue weighted by molar-refractivity contribution is 5.63. The molecule has 4 nitrogen and oxygen atoms in total. The summed E-state index contributed by atoms with van der Waals surface area (Å²) < 4.78 is 22.2. The van der Waals surface area contributed by atoms with E-state index in [2.05, 4.69) is 48.5 Å². The summed E-state index contributed by atoms with van der Waals surface area (Å²) >= 11 is 0. The van der Waals surface area contributed by atoms with Crippen molar-refractivity contribution in [2.45, 2.75) is 18.8 Å². The molecule has 2 atom stereocenters. The summed E-state index contributed by atoms with van der Waals surface area (Å²) in [5.41, 5.74) is 4.64. The molecule has 0 amide bonds. The Balaban J connectivity index is 1.29. The van der Waals surface area contributed by atoms with Gasteiger partial charge in [0.15, 0.2) is 0 Å². The van der Waals surface area contributed by atoms with Gasteiger partial charge in [0.2, 0.25) is 0 Å². The van der Waals surface area contributed by atoms with Crippen LogP contribution >= 0.6 is 0 Å². The third kappa shape index (κ3) is 4.35. The lowest BCUT2D eigenvalue weighted by Crippen LogP contribution is -2.03. The molecule has 3 aromatic carbocycles. The van der Waals surface area contributed by atoms with E-state index in [1.807, 2.05) is 24.3 Å². The van der Waals surface area contributed by atoms with Crippen LogP contribution in [-0.2, 0) is 16.1 Å². The second-order valence-corrected chi connectivity index (χ2v) is 6.82. The van der Waals surface area contributed by atoms with Crippen molar-refractivity contribution in [3.05, 3.63) is 83.9 Å². The molecule has 1 aliphatic heterocycles. The number of methoxy groups -OCH3 is 2. The molecule has 1 heterocycles. The first-order valence-corrected chi connectivity index (χ1v) is 9.37. The average Bonchev–Trinajstić information content (AvgIpc) is 3.53. The summed E-state index contributed by atoms with van der Waals surface area (Å²) in [5, 5.41) is 0. The van der Waals surface area contributed by atoms with Crippen molar-refractivity contribution in [3.63, 3.8) is 0 Å². The van der Waals surface area contributed by atoms with Crippen LogP contribution in [0, 0.1) is 0 Å². The molecule has 1 fully saturated rings. The molecule has 1 saturated heterocycles. The Hall–Kier alpha value is -2.82. The molecule has 0 aliphatic carbocycles. The standard InChI is InChI=1S/C24H24O4/c1-25-21-12-17(13-22(14-21)26-2)15-27-16-23-24(28-23)20-10-8-19(9-11-20)18-6-4-3-5-7-18/h3-14,23-24H,15-16H2,1-2H3/t23-,24+/m0/s1. The van der Waals surface area contributed by atoms with Gasteiger partial charge in [-0.25, -0.2) is 0 Å². The van der Waals surface area contributed by atoms with E-state index in [4.69, 9.17) is 18.9 Å². The quantitative estimate of drug-likeness (QED) is 0.517. The van der Waals surface area contributed by atoms with Gasteiger partial charge < -0.3 is 18.9 Å². The normalized spacial score (nSPS) is 17.9. The first kappa shape index (κ1) is 18.5. The molecule has 0 bridgehead atoms. The summed E-state index contributed by atoms with van der Waals surface area (Å²) in [5.74, 6) is 1.52. The molecule has 0 radical (unpaired) electrons. The zero-order chi connectivity index (χ0) is 19.3. The van der Waals surface area contributed by atoms with E-state index in [1.54, 1.807) is 14.2 Å². The Bertz CT molecular complexity index is 883. The van der Waals surface area contributed by atoms with Crippen LogP contribution in [0.2, 0.25) is 0 Å². The van der Waals surface area contributed by atoms with Gasteiger partial charge in [-0.15, -0.1) is 0 Å². The maximum absolute atomic E-state index is 5.85. The van der Waals surface area contributed by atoms with Gasteiger partial charge in [-0.1, -0.05) is 54.6 Å². The van der Waals surface area contributed by atoms with E-state index < -0.39 is 0 Å². The Morgan fingerprint density at radius 3 is 2.07 bits per heavy atom. The zero-order valence-electron chi connectivity index (χ0n) is 16.1. The van der Waals surface area contributed by atoms with Crippen LogP contribution in [0.3, 0.4) is 0 Å². The SMILES string of the molecule is COc1cc(COC[C@@H]2O[C@@H]2c2ccc(-c3ccccc3)cc2)cc(OC)c1. The van der Waals surface area contributed by atoms with Crippen LogP contribution in [0.4, 0.5) is 0 Å². The first-order chi connectivity index (χ1) is 13.8. The van der Waals surface area contributed by atoms with Gasteiger partial charge in [0.1, 0.15) is 23.7 Å². The zero-order valence-corrected chi connectivity index (χ0v) is 16.1. The van der Waals surface area contributed by atoms with E-state index in [9.17, 15) is 0 Å². The Morgan fingerprint density at radius 2 is 1.43 bits per heavy atom. The molecular weight excluding hydrogens is 352 g/mol. The molecule has 0 spiro atoms. The third-order valence-electron chi connectivity index (χ3n) is 4.89. The fourth-order valence-corrected chi connectivity index (χ4v) is 3.30. The van der Waals surface area contributed by atoms with E-state index in [-0.39, 0.29) is 12.2 Å². The van der Waals surface area contributed by atoms with Crippen LogP contribution in [0.1, 0.15) is 17.2 Å². The summed E-state index contributed by atoms with van der Waals surface area (Å²) in [6, 6.07) is 24.7. The minimum absolute atomic E-state index is 0.107. The molecule has 0 aromatic heterocycles. The number of hydrogen-bond acceptors (Lipinski definition) is 4. The van der Waals surface area contributed by atoms with Gasteiger partial charge in [0, 0.05) is 6.07 Å². The first-order valence-electron chi connectivity index (χ1n) is 9.37. The minimum atomic E-state index is 0.107. The second kappa shape index (κ2) is 8.46. The highest BCUT2D eigenvalue weighted by Crippen LogP contribution is 2.39. The molecule has 3 aromatic rings. The Kier molecular flexibility index (Phi) is 5.60. The molecule has 144 valence electrons. The maximum Gasteiger partial charge on any atom is 0.122 e. The summed E-state index contributed by atoms with van der Waals surface area (Å²) in [4.78, 5) is 0. The molecule has 28 heavy (non-hydrogen) atoms. The summed E-state index contributed by atoms with van der Waals surface area (Å²) in [6.45, 7) is 1.05. The molecule has 0 saturated carbocycles. The van der Waals surface area contributed by atoms with Crippen LogP contribution in [0.5, 0.6) is 11.5 Å². The molecular formula is C24H24O4. The number of epoxide rings is 1. The van der Waals surface area contributed by atoms with Gasteiger partial charge in [0.05, 0.1) is 27.4 Å². The largest absolute Gasteiger partial charge is 0.497 e. The van der Waals surface area contributed by atoms with Crippen molar-refractivity contribution in [2.24, 2.45) is 0 Å². The van der Waals surface area contributed by atoms with Crippen LogP contribution < -0.4 is 9.47 Å². The lowest BCUT2D eigenvalue weighted by Gasteiger charge is -2.08. The molecule has 0 N–H and O–H groups in total. The summed E-state index contributed by atoms with van der Waals surface area (Å²) in [6.07, 6.45) is 0.222. The van der Waals surface area contributed by atoms with Gasteiger partial charge in [-0.05, 0) is 34.4 Å². The van der Waals surface area contributed by atoms with E-state index in [1.165, 1.54) is 16.7 Å². The third-order valence-corrected chi connectivity index (χ3v) is 4.89. The van der Waals surface area contributed by atoms with Gasteiger partial charge >= 0.3 is 0 Å². The molecule has 1 aliphatic rings. The van der Waals surface area contributed by atoms with Crippen molar-refractivity contribution in [1.29, 1.82) is 0 Å². The van der Waals surface area contributed by atoms with Crippen molar-refractivity contribution >= 4 is 0 Å². The van der Waals surface area contributed by atoms with E-state index in [0.29, 0.717) is 13.2 Å². The monoisotopic (exact) mass is 376 g/mol. The predicted molar refractivity (Wildman–Crippen MR) is 109 cm³/mol. The van der Waals surface area contributed by atoms with Crippen molar-refractivity contribution < 1.29 is 18.9 Å². The predicted octanol–water partition coefficient (Wildman–Crippen LogP) is 5.03. The topological polar surface area (TPSA) is 40.2 Å². The fourth-order valence-electron chi connectivity index (χ4n) is 3.30. The van der Waals surface area contributed by atoms with Crippen molar-refractivity contribution in [1.82, 2.24) is 0 Å². The highest BCUT2D eigenvalue weighted by atomic mass is 16.6. The van der Waals surface area contributed by atoms with Gasteiger partial charge in [-0.3, -0.25) is 0 Å². The van der Waals surface area contributed by atoms with E-state index >= 15 is 0 Å². The molecule has 4 heteroatoms. The Labute approximate surface area is 165 Å². The molecule has 0 unspecified atom stereocenters. The summed E-state index contributed by atoms with van der Waals surface area (Å²) in [7, 11) is 3.29. The Morgan fingerprint density at radius 1 is 0.786 bits per heavy atom. The second-order valence-electron chi connectivity index (χ2n) is 6.82. The lowest BCUT2D eigenvalue weighted by atomic mass is 10.0. The van der Waals surface area contributed by atoms with Crippen molar-refractivity contribution in [2.75, 3.05) is 20.8 Å². The minimum Gasteiger partial charge on any atom is -0.497 e. The maximum atomic E-state index is 5.85. The average molecular weight is 376 g/mol. The van der Waals surface area contributed by atoms with Crippen molar-refractivity contribution in [3.8, 4) is 22.6 Å². The number of hydrogen-bond donors (Lipinski definition) is 0. The van der Waals surface area contributed by atoms with Gasteiger partial charge in [-0.2, -0.15) is 0 Å². The molecule has 4 rings (SSSR count). The van der Waals surface area contributed by atoms with E-state index in [0.717, 1.165) is 17.1 Å². The number of rotatable bonds is 8. The smallest absolute Gasteiger partial charge is 0.122 e. The number of benzene rings is 3. The van der Waals surface area contributed by atoms with Crippen LogP contribution in [-0.4, -0.2) is 26.9 Å². The van der Waals surface area contributed by atoms with Crippen LogP contribution in [0.25, 0.3) is 11.1 Å². The van der Waals surface area contributed by atoms with Crippen LogP contribution in [0.15, 0.2) is 72.8 Å². The fraction of sp³-hybridized carbons (Fsp3) is 0.250. The number of ether oxygens (including phenoxy) is 4. The van der Waals surface area contributed by atoms with Gasteiger partial charge in [0.25, 0.3) is 0 Å².